The first-order valence-corrected chi connectivity index (χ1v) is 18.5. The number of fused-ring (bicyclic) bond motifs is 2. The Labute approximate surface area is 287 Å². The van der Waals surface area contributed by atoms with Crippen LogP contribution in [0.5, 0.6) is 0 Å². The Bertz CT molecular complexity index is 1640. The third kappa shape index (κ3) is 7.40. The van der Waals surface area contributed by atoms with Crippen molar-refractivity contribution in [2.45, 2.75) is 110 Å². The Kier molecular flexibility index (Phi) is 12.0. The number of para-hydroxylation sites is 4. The molecule has 4 nitrogen and oxygen atoms in total. The van der Waals surface area contributed by atoms with Gasteiger partial charge in [-0.15, -0.1) is 0 Å². The number of nitrogens with zero attached hydrogens (tertiary/aromatic N) is 4. The third-order valence-electron chi connectivity index (χ3n) is 8.90. The van der Waals surface area contributed by atoms with Crippen LogP contribution in [0.4, 0.5) is 13.2 Å². The number of hydrogen-bond acceptors (Lipinski definition) is 0. The molecule has 2 aromatic heterocycles. The van der Waals surface area contributed by atoms with Crippen molar-refractivity contribution in [2.24, 2.45) is 0 Å². The molecule has 0 aliphatic carbocycles. The SMILES string of the molecule is CCCCCCCC[n+]1c(Br)n(-c2cccc(-n3c(Br)[n+](CCCCCCCC)c4ccccc43)c2C(F)(F)F)c2ccccc21. The molecule has 5 aromatic rings. The fraction of sp³-hybridized carbons (Fsp3) is 0.459. The number of imidazole rings is 2. The molecule has 0 amide bonds. The van der Waals surface area contributed by atoms with E-state index in [1.165, 1.54) is 51.4 Å². The van der Waals surface area contributed by atoms with E-state index >= 15 is 13.2 Å². The summed E-state index contributed by atoms with van der Waals surface area (Å²) in [6.07, 6.45) is 9.14. The maximum Gasteiger partial charge on any atom is 0.424 e. The Morgan fingerprint density at radius 1 is 0.543 bits per heavy atom. The van der Waals surface area contributed by atoms with E-state index in [1.807, 2.05) is 48.5 Å². The minimum absolute atomic E-state index is 0.0990. The second-order valence-corrected chi connectivity index (χ2v) is 13.6. The highest BCUT2D eigenvalue weighted by molar-refractivity contribution is 9.10. The van der Waals surface area contributed by atoms with Crippen LogP contribution in [0.15, 0.2) is 76.2 Å². The standard InChI is InChI=1S/C37H45Br2F3N4/c1-3-5-7-9-11-17-26-43-28-20-13-15-22-30(28)45(35(43)38)32-24-19-25-33(34(32)37(40,41)42)46-31-23-16-14-21-29(31)44(36(46)39)27-18-12-10-8-6-4-2/h13-16,19-25H,3-12,17-18,26-27H2,1-2H3/q+2. The fourth-order valence-electron chi connectivity index (χ4n) is 6.58. The molecule has 0 radical (unpaired) electrons. The molecule has 0 aliphatic heterocycles. The Morgan fingerprint density at radius 3 is 1.35 bits per heavy atom. The summed E-state index contributed by atoms with van der Waals surface area (Å²) in [5, 5.41) is 0. The van der Waals surface area contributed by atoms with Crippen LogP contribution in [-0.4, -0.2) is 9.13 Å². The van der Waals surface area contributed by atoms with Gasteiger partial charge in [-0.05, 0) is 62.1 Å². The predicted molar refractivity (Wildman–Crippen MR) is 188 cm³/mol. The van der Waals surface area contributed by atoms with E-state index in [9.17, 15) is 0 Å². The maximum atomic E-state index is 15.4. The molecular formula is C37H45Br2F3N4+2. The first-order chi connectivity index (χ1) is 22.3. The molecule has 0 saturated carbocycles. The zero-order valence-corrected chi connectivity index (χ0v) is 30.1. The molecule has 0 N–H and O–H groups in total. The van der Waals surface area contributed by atoms with Crippen LogP contribution in [0.1, 0.15) is 96.5 Å². The average molecular weight is 763 g/mol. The van der Waals surface area contributed by atoms with Crippen LogP contribution >= 0.6 is 31.9 Å². The number of hydrogen-bond donors (Lipinski definition) is 0. The first kappa shape index (κ1) is 34.7. The van der Waals surface area contributed by atoms with Gasteiger partial charge in [-0.2, -0.15) is 22.3 Å². The van der Waals surface area contributed by atoms with Gasteiger partial charge < -0.3 is 0 Å². The zero-order valence-electron chi connectivity index (χ0n) is 26.9. The number of unbranched alkanes of at least 4 members (excludes halogenated alkanes) is 10. The highest BCUT2D eigenvalue weighted by Gasteiger charge is 2.43. The molecule has 0 bridgehead atoms. The van der Waals surface area contributed by atoms with Crippen molar-refractivity contribution < 1.29 is 22.3 Å². The summed E-state index contributed by atoms with van der Waals surface area (Å²) < 4.78 is 55.0. The van der Waals surface area contributed by atoms with Crippen LogP contribution in [-0.2, 0) is 19.3 Å². The molecule has 2 heterocycles. The quantitative estimate of drug-likeness (QED) is 0.0704. The van der Waals surface area contributed by atoms with E-state index in [2.05, 4.69) is 54.8 Å². The highest BCUT2D eigenvalue weighted by Crippen LogP contribution is 2.41. The van der Waals surface area contributed by atoms with Gasteiger partial charge in [0.1, 0.15) is 5.56 Å². The van der Waals surface area contributed by atoms with Gasteiger partial charge in [0.05, 0.1) is 13.1 Å². The van der Waals surface area contributed by atoms with Crippen molar-refractivity contribution >= 4 is 53.9 Å². The van der Waals surface area contributed by atoms with Gasteiger partial charge in [0.2, 0.25) is 0 Å². The van der Waals surface area contributed by atoms with Crippen molar-refractivity contribution in [2.75, 3.05) is 0 Å². The van der Waals surface area contributed by atoms with Crippen LogP contribution in [0.2, 0.25) is 0 Å². The molecule has 0 atom stereocenters. The normalized spacial score (nSPS) is 12.2. The lowest BCUT2D eigenvalue weighted by molar-refractivity contribution is -0.683. The molecule has 46 heavy (non-hydrogen) atoms. The Morgan fingerprint density at radius 2 is 0.935 bits per heavy atom. The van der Waals surface area contributed by atoms with Crippen LogP contribution in [0.25, 0.3) is 33.4 Å². The monoisotopic (exact) mass is 760 g/mol. The Balaban J connectivity index is 1.60. The second kappa shape index (κ2) is 16.0. The Hall–Kier alpha value is -2.65. The molecule has 0 spiro atoms. The summed E-state index contributed by atoms with van der Waals surface area (Å²) in [6, 6.07) is 20.4. The topological polar surface area (TPSA) is 17.6 Å². The van der Waals surface area contributed by atoms with Gasteiger partial charge in [-0.1, -0.05) is 95.5 Å². The summed E-state index contributed by atoms with van der Waals surface area (Å²) in [7, 11) is 0. The van der Waals surface area contributed by atoms with E-state index in [0.717, 1.165) is 60.8 Å². The van der Waals surface area contributed by atoms with Gasteiger partial charge in [-0.25, -0.2) is 9.13 Å². The van der Waals surface area contributed by atoms with Crippen LogP contribution in [0.3, 0.4) is 0 Å². The highest BCUT2D eigenvalue weighted by atomic mass is 79.9. The van der Waals surface area contributed by atoms with Gasteiger partial charge >= 0.3 is 15.6 Å². The molecule has 0 aliphatic rings. The average Bonchev–Trinajstić information content (AvgIpc) is 3.49. The summed E-state index contributed by atoms with van der Waals surface area (Å²) in [6.45, 7) is 5.87. The molecule has 0 fully saturated rings. The van der Waals surface area contributed by atoms with Crippen molar-refractivity contribution in [3.63, 3.8) is 0 Å². The molecule has 5 rings (SSSR count). The number of benzene rings is 3. The summed E-state index contributed by atoms with van der Waals surface area (Å²) in [5.74, 6) is 0. The smallest absolute Gasteiger partial charge is 0.217 e. The fourth-order valence-corrected chi connectivity index (χ4v) is 8.08. The third-order valence-corrected chi connectivity index (χ3v) is 10.5. The molecule has 3 aromatic carbocycles. The van der Waals surface area contributed by atoms with Crippen LogP contribution < -0.4 is 9.13 Å². The zero-order chi connectivity index (χ0) is 32.7. The molecule has 0 saturated heterocycles. The minimum Gasteiger partial charge on any atom is -0.217 e. The molecule has 9 heteroatoms. The van der Waals surface area contributed by atoms with Gasteiger partial charge in [0, 0.05) is 31.9 Å². The number of aromatic nitrogens is 4. The number of rotatable bonds is 16. The molecule has 0 unspecified atom stereocenters. The van der Waals surface area contributed by atoms with Gasteiger partial charge in [0.25, 0.3) is 0 Å². The van der Waals surface area contributed by atoms with E-state index in [-0.39, 0.29) is 11.4 Å². The lowest BCUT2D eigenvalue weighted by Crippen LogP contribution is -2.35. The van der Waals surface area contributed by atoms with Gasteiger partial charge in [0.15, 0.2) is 33.4 Å². The predicted octanol–water partition coefficient (Wildman–Crippen LogP) is 11.4. The lowest BCUT2D eigenvalue weighted by atomic mass is 10.1. The van der Waals surface area contributed by atoms with E-state index < -0.39 is 11.7 Å². The van der Waals surface area contributed by atoms with Crippen LogP contribution in [0, 0.1) is 0 Å². The number of aryl methyl sites for hydroxylation is 2. The van der Waals surface area contributed by atoms with E-state index in [0.29, 0.717) is 9.47 Å². The molecule has 246 valence electrons. The minimum atomic E-state index is -4.62. The van der Waals surface area contributed by atoms with Crippen molar-refractivity contribution in [1.82, 2.24) is 9.13 Å². The van der Waals surface area contributed by atoms with Gasteiger partial charge in [-0.3, -0.25) is 0 Å². The number of alkyl halides is 3. The van der Waals surface area contributed by atoms with E-state index in [1.54, 1.807) is 27.3 Å². The van der Waals surface area contributed by atoms with Crippen molar-refractivity contribution in [3.8, 4) is 11.4 Å². The molecular weight excluding hydrogens is 717 g/mol. The second-order valence-electron chi connectivity index (χ2n) is 12.2. The van der Waals surface area contributed by atoms with Crippen molar-refractivity contribution in [3.05, 3.63) is 81.8 Å². The summed E-state index contributed by atoms with van der Waals surface area (Å²) in [5.41, 5.74) is 2.81. The summed E-state index contributed by atoms with van der Waals surface area (Å²) >= 11 is 7.51. The largest absolute Gasteiger partial charge is 0.424 e. The first-order valence-electron chi connectivity index (χ1n) is 16.9. The summed E-state index contributed by atoms with van der Waals surface area (Å²) in [4.78, 5) is 0. The lowest BCUT2D eigenvalue weighted by Gasteiger charge is -2.14. The number of halogens is 5. The van der Waals surface area contributed by atoms with E-state index in [4.69, 9.17) is 0 Å². The maximum absolute atomic E-state index is 15.4. The van der Waals surface area contributed by atoms with Crippen molar-refractivity contribution in [1.29, 1.82) is 0 Å².